The van der Waals surface area contributed by atoms with Gasteiger partial charge in [-0.1, -0.05) is 30.3 Å². The number of rotatable bonds is 20. The molecule has 0 radical (unpaired) electrons. The number of aliphatic hydroxyl groups excluding tert-OH is 8. The van der Waals surface area contributed by atoms with Crippen molar-refractivity contribution in [2.24, 2.45) is 28.7 Å². The Labute approximate surface area is 347 Å². The summed E-state index contributed by atoms with van der Waals surface area (Å²) in [6.07, 6.45) is -22.1. The van der Waals surface area contributed by atoms with Crippen molar-refractivity contribution in [1.82, 2.24) is 10.6 Å². The van der Waals surface area contributed by atoms with Crippen molar-refractivity contribution < 1.29 is 78.8 Å². The first-order valence-corrected chi connectivity index (χ1v) is 20.3. The second-order valence-electron chi connectivity index (χ2n) is 15.6. The van der Waals surface area contributed by atoms with Gasteiger partial charge in [0.25, 0.3) is 0 Å². The van der Waals surface area contributed by atoms with Crippen LogP contribution in [0.5, 0.6) is 0 Å². The average Bonchev–Trinajstić information content (AvgIpc) is 3.54. The van der Waals surface area contributed by atoms with E-state index < -0.39 is 142 Å². The Hall–Kier alpha value is -2.15. The highest BCUT2D eigenvalue weighted by Gasteiger charge is 2.55. The Balaban J connectivity index is 1.42. The molecule has 1 aromatic carbocycles. The zero-order valence-corrected chi connectivity index (χ0v) is 33.2. The van der Waals surface area contributed by atoms with Gasteiger partial charge in [-0.05, 0) is 37.9 Å². The molecule has 20 atom stereocenters. The first-order valence-electron chi connectivity index (χ1n) is 20.3. The van der Waals surface area contributed by atoms with Crippen molar-refractivity contribution in [2.45, 2.75) is 142 Å². The third kappa shape index (κ3) is 11.7. The maximum atomic E-state index is 13.2. The van der Waals surface area contributed by atoms with Crippen molar-refractivity contribution in [2.75, 3.05) is 46.0 Å². The zero-order valence-electron chi connectivity index (χ0n) is 33.2. The third-order valence-electron chi connectivity index (χ3n) is 11.3. The molecule has 5 rings (SSSR count). The number of nitrogens with two attached hydrogens (primary N) is 5. The van der Waals surface area contributed by atoms with E-state index in [0.29, 0.717) is 13.1 Å². The summed E-state index contributed by atoms with van der Waals surface area (Å²) in [5.41, 5.74) is 31.5. The third-order valence-corrected chi connectivity index (χ3v) is 11.3. The molecule has 3 saturated heterocycles. The molecule has 3 aliphatic heterocycles. The molecule has 60 heavy (non-hydrogen) atoms. The number of aliphatic hydroxyl groups is 8. The summed E-state index contributed by atoms with van der Waals surface area (Å²) in [4.78, 5) is 13.2. The van der Waals surface area contributed by atoms with Gasteiger partial charge in [-0.15, -0.1) is 0 Å². The standard InChI is InChI=1S/C37H65N7O16/c38-8-6-19(47)34(53)44-18-12-17(40)30(58-36-24(42)28(51)26(49)21(14-45)56-36)33(31(18)54-11-10-43-9-7-16-4-2-1-3-5-16)60-37-29(52)32(22(15-46)57-37)59-35-23(41)27(50)25(48)20(13-39)55-35/h1-5,17-33,35-37,43,45-52H,6-15,38-42H2,(H,44,53)/t17-,18+,19-,20-,21+,22+,23+,24+,25+,26+,27+,28+,29+,30+,31-,32+,33-,35+,36+,37-/m0/s1. The van der Waals surface area contributed by atoms with Crippen molar-refractivity contribution in [3.63, 3.8) is 0 Å². The Morgan fingerprint density at radius 1 is 0.733 bits per heavy atom. The first kappa shape index (κ1) is 48.9. The molecule has 1 amide bonds. The van der Waals surface area contributed by atoms with Crippen LogP contribution in [-0.2, 0) is 44.4 Å². The molecule has 23 heteroatoms. The van der Waals surface area contributed by atoms with E-state index in [1.807, 2.05) is 30.3 Å². The largest absolute Gasteiger partial charge is 0.394 e. The van der Waals surface area contributed by atoms with Gasteiger partial charge in [-0.3, -0.25) is 4.79 Å². The lowest BCUT2D eigenvalue weighted by Crippen LogP contribution is -2.69. The van der Waals surface area contributed by atoms with Crippen LogP contribution in [0.4, 0.5) is 0 Å². The van der Waals surface area contributed by atoms with Gasteiger partial charge in [0.15, 0.2) is 18.9 Å². The monoisotopic (exact) mass is 863 g/mol. The minimum Gasteiger partial charge on any atom is -0.394 e. The molecule has 0 unspecified atom stereocenters. The summed E-state index contributed by atoms with van der Waals surface area (Å²) in [5, 5.41) is 90.6. The van der Waals surface area contributed by atoms with Gasteiger partial charge in [0.2, 0.25) is 5.91 Å². The molecule has 20 N–H and O–H groups in total. The SMILES string of the molecule is NCC[C@H](O)C(=O)N[C@@H]1C[C@H](N)[C@@H](O[C@H]2O[C@H](CO)[C@@H](O)[C@H](O)[C@H]2N)[C@H](O[C@@H]2O[C@H](CO)[C@@H](O[C@H]3O[C@@H](CN)[C@@H](O)[C@H](O)[C@H]3N)[C@H]2O)[C@H]1OCCNCCc1ccccc1. The van der Waals surface area contributed by atoms with Gasteiger partial charge < -0.3 is 113 Å². The molecule has 1 aliphatic carbocycles. The Kier molecular flexibility index (Phi) is 18.7. The molecule has 4 fully saturated rings. The average molecular weight is 864 g/mol. The number of nitrogens with one attached hydrogen (secondary N) is 2. The van der Waals surface area contributed by atoms with E-state index in [-0.39, 0.29) is 32.5 Å². The predicted octanol–water partition coefficient (Wildman–Crippen LogP) is -8.14. The number of carbonyl (C=O) groups excluding carboxylic acids is 1. The molecule has 1 saturated carbocycles. The minimum atomic E-state index is -1.71. The maximum Gasteiger partial charge on any atom is 0.249 e. The smallest absolute Gasteiger partial charge is 0.249 e. The lowest BCUT2D eigenvalue weighted by Gasteiger charge is -2.49. The fourth-order valence-corrected chi connectivity index (χ4v) is 7.84. The fourth-order valence-electron chi connectivity index (χ4n) is 7.84. The van der Waals surface area contributed by atoms with Crippen LogP contribution in [0.1, 0.15) is 18.4 Å². The number of carbonyl (C=O) groups is 1. The van der Waals surface area contributed by atoms with Gasteiger partial charge in [0.1, 0.15) is 79.4 Å². The van der Waals surface area contributed by atoms with E-state index in [1.165, 1.54) is 0 Å². The molecule has 4 aliphatic rings. The Morgan fingerprint density at radius 2 is 1.32 bits per heavy atom. The summed E-state index contributed by atoms with van der Waals surface area (Å²) in [5.74, 6) is -0.774. The van der Waals surface area contributed by atoms with E-state index in [1.54, 1.807) is 0 Å². The van der Waals surface area contributed by atoms with Crippen molar-refractivity contribution >= 4 is 5.91 Å². The highest BCUT2D eigenvalue weighted by Crippen LogP contribution is 2.35. The molecule has 344 valence electrons. The summed E-state index contributed by atoms with van der Waals surface area (Å²) in [6, 6.07) is 5.12. The highest BCUT2D eigenvalue weighted by atomic mass is 16.8. The second-order valence-corrected chi connectivity index (χ2v) is 15.6. The predicted molar refractivity (Wildman–Crippen MR) is 207 cm³/mol. The molecule has 3 heterocycles. The van der Waals surface area contributed by atoms with Crippen LogP contribution in [0.2, 0.25) is 0 Å². The van der Waals surface area contributed by atoms with E-state index in [0.717, 1.165) is 12.0 Å². The van der Waals surface area contributed by atoms with Crippen LogP contribution in [-0.4, -0.2) is 215 Å². The highest BCUT2D eigenvalue weighted by molar-refractivity contribution is 5.80. The van der Waals surface area contributed by atoms with Gasteiger partial charge in [0.05, 0.1) is 37.9 Å². The summed E-state index contributed by atoms with van der Waals surface area (Å²) >= 11 is 0. The quantitative estimate of drug-likeness (QED) is 0.0541. The molecule has 0 aromatic heterocycles. The van der Waals surface area contributed by atoms with Crippen LogP contribution in [0, 0.1) is 0 Å². The summed E-state index contributed by atoms with van der Waals surface area (Å²) in [7, 11) is 0. The summed E-state index contributed by atoms with van der Waals surface area (Å²) in [6.45, 7) is -0.657. The van der Waals surface area contributed by atoms with Crippen LogP contribution in [0.25, 0.3) is 0 Å². The van der Waals surface area contributed by atoms with Crippen molar-refractivity contribution in [1.29, 1.82) is 0 Å². The minimum absolute atomic E-state index is 0.0153. The van der Waals surface area contributed by atoms with Crippen LogP contribution < -0.4 is 39.3 Å². The van der Waals surface area contributed by atoms with E-state index in [2.05, 4.69) is 10.6 Å². The van der Waals surface area contributed by atoms with Gasteiger partial charge >= 0.3 is 0 Å². The molecular weight excluding hydrogens is 798 g/mol. The van der Waals surface area contributed by atoms with E-state index in [9.17, 15) is 45.6 Å². The number of hydrogen-bond donors (Lipinski definition) is 15. The van der Waals surface area contributed by atoms with Crippen molar-refractivity contribution in [3.05, 3.63) is 35.9 Å². The lowest BCUT2D eigenvalue weighted by atomic mass is 9.83. The lowest BCUT2D eigenvalue weighted by molar-refractivity contribution is -0.313. The Bertz CT molecular complexity index is 1430. The van der Waals surface area contributed by atoms with Gasteiger partial charge in [0, 0.05) is 19.1 Å². The Morgan fingerprint density at radius 3 is 1.93 bits per heavy atom. The number of benzene rings is 1. The van der Waals surface area contributed by atoms with Crippen LogP contribution in [0.15, 0.2) is 30.3 Å². The molecular formula is C37H65N7O16. The van der Waals surface area contributed by atoms with Crippen LogP contribution >= 0.6 is 0 Å². The normalized spacial score (nSPS) is 41.6. The molecule has 1 aromatic rings. The van der Waals surface area contributed by atoms with Crippen LogP contribution in [0.3, 0.4) is 0 Å². The topological polar surface area (TPSA) is 398 Å². The second kappa shape index (κ2) is 23.0. The molecule has 0 spiro atoms. The van der Waals surface area contributed by atoms with E-state index in [4.69, 9.17) is 61.8 Å². The van der Waals surface area contributed by atoms with Crippen molar-refractivity contribution in [3.8, 4) is 0 Å². The molecule has 23 nitrogen and oxygen atoms in total. The van der Waals surface area contributed by atoms with Gasteiger partial charge in [-0.25, -0.2) is 0 Å². The van der Waals surface area contributed by atoms with E-state index >= 15 is 0 Å². The number of ether oxygens (including phenoxy) is 7. The maximum absolute atomic E-state index is 13.2. The molecule has 0 bridgehead atoms. The zero-order chi connectivity index (χ0) is 43.7. The fraction of sp³-hybridized carbons (Fsp3) is 0.811. The van der Waals surface area contributed by atoms with Gasteiger partial charge in [-0.2, -0.15) is 0 Å². The number of amides is 1. The summed E-state index contributed by atoms with van der Waals surface area (Å²) < 4.78 is 42.6. The number of hydrogen-bond acceptors (Lipinski definition) is 22. The first-order chi connectivity index (χ1) is 28.7.